The summed E-state index contributed by atoms with van der Waals surface area (Å²) in [6, 6.07) is 11.5. The highest BCUT2D eigenvalue weighted by molar-refractivity contribution is 6.43. The zero-order valence-corrected chi connectivity index (χ0v) is 16.3. The first-order valence-corrected chi connectivity index (χ1v) is 9.63. The Morgan fingerprint density at radius 2 is 1.93 bits per heavy atom. The summed E-state index contributed by atoms with van der Waals surface area (Å²) in [5.41, 5.74) is 11.3. The van der Waals surface area contributed by atoms with Gasteiger partial charge >= 0.3 is 0 Å². The van der Waals surface area contributed by atoms with Crippen LogP contribution in [-0.2, 0) is 13.0 Å². The number of benzene rings is 2. The fourth-order valence-corrected chi connectivity index (χ4v) is 3.93. The van der Waals surface area contributed by atoms with Gasteiger partial charge in [0, 0.05) is 18.8 Å². The molecule has 1 aliphatic heterocycles. The van der Waals surface area contributed by atoms with Crippen LogP contribution in [0.4, 0.5) is 11.5 Å². The van der Waals surface area contributed by atoms with Gasteiger partial charge in [0.15, 0.2) is 5.65 Å². The van der Waals surface area contributed by atoms with Gasteiger partial charge in [-0.15, -0.1) is 0 Å². The molecule has 0 saturated carbocycles. The monoisotopic (exact) mass is 410 g/mol. The predicted molar refractivity (Wildman–Crippen MR) is 112 cm³/mol. The van der Waals surface area contributed by atoms with E-state index >= 15 is 0 Å². The van der Waals surface area contributed by atoms with Gasteiger partial charge in [-0.3, -0.25) is 0 Å². The maximum atomic E-state index is 6.34. The summed E-state index contributed by atoms with van der Waals surface area (Å²) in [6.45, 7) is 1.65. The molecule has 140 valence electrons. The summed E-state index contributed by atoms with van der Waals surface area (Å²) in [4.78, 5) is 11.6. The first-order valence-electron chi connectivity index (χ1n) is 8.87. The Morgan fingerprint density at radius 3 is 2.82 bits per heavy atom. The number of nitrogens with two attached hydrogens (primary N) is 1. The van der Waals surface area contributed by atoms with Crippen LogP contribution in [0.25, 0.3) is 16.9 Å². The number of rotatable bonds is 2. The van der Waals surface area contributed by atoms with Crippen LogP contribution in [-0.4, -0.2) is 26.3 Å². The van der Waals surface area contributed by atoms with E-state index in [0.29, 0.717) is 26.9 Å². The van der Waals surface area contributed by atoms with Crippen LogP contribution in [0, 0.1) is 0 Å². The number of nitrogen functional groups attached to an aromatic ring is 1. The molecule has 6 nitrogen and oxygen atoms in total. The Hall–Kier alpha value is -2.83. The third-order valence-electron chi connectivity index (χ3n) is 4.99. The van der Waals surface area contributed by atoms with Crippen molar-refractivity contribution in [3.8, 4) is 5.69 Å². The smallest absolute Gasteiger partial charge is 0.181 e. The SMILES string of the molecule is Nc1ccc2c(c1)CCN(c1cnc3c(cnn3-c3cccc(Cl)c3Cl)n1)C2. The maximum Gasteiger partial charge on any atom is 0.181 e. The van der Waals surface area contributed by atoms with E-state index in [9.17, 15) is 0 Å². The van der Waals surface area contributed by atoms with Crippen LogP contribution in [0.1, 0.15) is 11.1 Å². The van der Waals surface area contributed by atoms with Gasteiger partial charge < -0.3 is 10.6 Å². The summed E-state index contributed by atoms with van der Waals surface area (Å²) in [5, 5.41) is 5.32. The summed E-state index contributed by atoms with van der Waals surface area (Å²) >= 11 is 12.5. The van der Waals surface area contributed by atoms with E-state index in [-0.39, 0.29) is 0 Å². The number of hydrogen-bond acceptors (Lipinski definition) is 5. The lowest BCUT2D eigenvalue weighted by Crippen LogP contribution is -2.31. The predicted octanol–water partition coefficient (Wildman–Crippen LogP) is 4.27. The first kappa shape index (κ1) is 17.3. The van der Waals surface area contributed by atoms with Gasteiger partial charge in [0.2, 0.25) is 0 Å². The van der Waals surface area contributed by atoms with Crippen LogP contribution < -0.4 is 10.6 Å². The first-order chi connectivity index (χ1) is 13.6. The normalized spacial score (nSPS) is 13.7. The molecule has 0 bridgehead atoms. The minimum atomic E-state index is 0.437. The number of fused-ring (bicyclic) bond motifs is 2. The molecule has 0 radical (unpaired) electrons. The van der Waals surface area contributed by atoms with Crippen LogP contribution in [0.2, 0.25) is 10.0 Å². The molecule has 3 heterocycles. The lowest BCUT2D eigenvalue weighted by molar-refractivity contribution is 0.721. The highest BCUT2D eigenvalue weighted by atomic mass is 35.5. The van der Waals surface area contributed by atoms with E-state index < -0.39 is 0 Å². The van der Waals surface area contributed by atoms with Crippen molar-refractivity contribution in [2.75, 3.05) is 17.2 Å². The molecule has 0 fully saturated rings. The Labute approximate surface area is 171 Å². The van der Waals surface area contributed by atoms with Gasteiger partial charge in [-0.2, -0.15) is 5.10 Å². The molecule has 4 aromatic rings. The van der Waals surface area contributed by atoms with Gasteiger partial charge in [-0.1, -0.05) is 35.3 Å². The highest BCUT2D eigenvalue weighted by Crippen LogP contribution is 2.30. The van der Waals surface area contributed by atoms with E-state index in [0.717, 1.165) is 31.0 Å². The van der Waals surface area contributed by atoms with E-state index in [1.807, 2.05) is 18.2 Å². The van der Waals surface area contributed by atoms with Gasteiger partial charge in [0.05, 0.1) is 28.1 Å². The van der Waals surface area contributed by atoms with Crippen molar-refractivity contribution in [2.24, 2.45) is 0 Å². The average molecular weight is 411 g/mol. The molecule has 0 spiro atoms. The molecule has 2 N–H and O–H groups in total. The molecule has 0 amide bonds. The molecule has 28 heavy (non-hydrogen) atoms. The van der Waals surface area contributed by atoms with Gasteiger partial charge in [-0.25, -0.2) is 14.6 Å². The standard InChI is InChI=1S/C20H16Cl2N6/c21-15-2-1-3-17(19(15)22)28-20-16(9-25-28)26-18(10-24-20)27-7-6-12-8-14(23)5-4-13(12)11-27/h1-5,8-10H,6-7,11,23H2. The van der Waals surface area contributed by atoms with Crippen molar-refractivity contribution in [3.05, 3.63) is 70.0 Å². The fourth-order valence-electron chi connectivity index (χ4n) is 3.56. The molecule has 0 saturated heterocycles. The molecule has 2 aromatic carbocycles. The van der Waals surface area contributed by atoms with E-state index in [4.69, 9.17) is 33.9 Å². The Bertz CT molecular complexity index is 1200. The van der Waals surface area contributed by atoms with E-state index in [1.54, 1.807) is 23.1 Å². The minimum Gasteiger partial charge on any atom is -0.399 e. The quantitative estimate of drug-likeness (QED) is 0.499. The number of halogens is 2. The number of hydrogen-bond donors (Lipinski definition) is 1. The Kier molecular flexibility index (Phi) is 4.10. The second kappa shape index (κ2) is 6.65. The largest absolute Gasteiger partial charge is 0.399 e. The molecule has 2 aromatic heterocycles. The number of aromatic nitrogens is 4. The van der Waals surface area contributed by atoms with Gasteiger partial charge in [0.25, 0.3) is 0 Å². The molecule has 1 aliphatic rings. The second-order valence-corrected chi connectivity index (χ2v) is 7.55. The molecule has 0 aliphatic carbocycles. The molecule has 5 rings (SSSR count). The van der Waals surface area contributed by atoms with Gasteiger partial charge in [-0.05, 0) is 41.8 Å². The van der Waals surface area contributed by atoms with Crippen molar-refractivity contribution in [3.63, 3.8) is 0 Å². The summed E-state index contributed by atoms with van der Waals surface area (Å²) in [7, 11) is 0. The third-order valence-corrected chi connectivity index (χ3v) is 5.80. The maximum absolute atomic E-state index is 6.34. The Balaban J connectivity index is 1.50. The summed E-state index contributed by atoms with van der Waals surface area (Å²) < 4.78 is 1.66. The summed E-state index contributed by atoms with van der Waals surface area (Å²) in [6.07, 6.45) is 4.40. The molecule has 0 atom stereocenters. The highest BCUT2D eigenvalue weighted by Gasteiger charge is 2.19. The molecular weight excluding hydrogens is 395 g/mol. The number of nitrogens with zero attached hydrogens (tertiary/aromatic N) is 5. The van der Waals surface area contributed by atoms with Crippen molar-refractivity contribution >= 4 is 45.9 Å². The number of anilines is 2. The lowest BCUT2D eigenvalue weighted by atomic mass is 9.99. The van der Waals surface area contributed by atoms with Crippen molar-refractivity contribution in [2.45, 2.75) is 13.0 Å². The van der Waals surface area contributed by atoms with Crippen LogP contribution in [0.3, 0.4) is 0 Å². The lowest BCUT2D eigenvalue weighted by Gasteiger charge is -2.29. The van der Waals surface area contributed by atoms with Gasteiger partial charge in [0.1, 0.15) is 11.3 Å². The van der Waals surface area contributed by atoms with E-state index in [1.165, 1.54) is 11.1 Å². The minimum absolute atomic E-state index is 0.437. The third kappa shape index (κ3) is 2.85. The van der Waals surface area contributed by atoms with Crippen molar-refractivity contribution < 1.29 is 0 Å². The molecule has 8 heteroatoms. The molecule has 0 unspecified atom stereocenters. The zero-order valence-electron chi connectivity index (χ0n) is 14.8. The summed E-state index contributed by atoms with van der Waals surface area (Å²) in [5.74, 6) is 0.826. The van der Waals surface area contributed by atoms with Crippen LogP contribution in [0.5, 0.6) is 0 Å². The second-order valence-electron chi connectivity index (χ2n) is 6.77. The van der Waals surface area contributed by atoms with E-state index in [2.05, 4.69) is 27.1 Å². The van der Waals surface area contributed by atoms with Crippen molar-refractivity contribution in [1.29, 1.82) is 0 Å². The molecular formula is C20H16Cl2N6. The zero-order chi connectivity index (χ0) is 19.3. The van der Waals surface area contributed by atoms with Crippen LogP contribution >= 0.6 is 23.2 Å². The topological polar surface area (TPSA) is 72.9 Å². The fraction of sp³-hybridized carbons (Fsp3) is 0.150. The van der Waals surface area contributed by atoms with Crippen molar-refractivity contribution in [1.82, 2.24) is 19.7 Å². The average Bonchev–Trinajstić information content (AvgIpc) is 3.12. The van der Waals surface area contributed by atoms with Crippen LogP contribution in [0.15, 0.2) is 48.8 Å². The Morgan fingerprint density at radius 1 is 1.04 bits per heavy atom.